The molecule has 0 spiro atoms. The largest absolute Gasteiger partial charge is 0.247 e. The molecule has 0 bridgehead atoms. The highest BCUT2D eigenvalue weighted by atomic mass is 79.9. The maximum atomic E-state index is 4.47. The SMILES string of the molecule is Cc1csc(CC(C)(CBr)CBr)n1. The predicted molar refractivity (Wildman–Crippen MR) is 66.3 cm³/mol. The molecule has 1 heterocycles. The predicted octanol–water partition coefficient (Wildman–Crippen LogP) is 3.79. The van der Waals surface area contributed by atoms with E-state index in [-0.39, 0.29) is 5.41 Å². The van der Waals surface area contributed by atoms with Gasteiger partial charge in [0, 0.05) is 28.2 Å². The van der Waals surface area contributed by atoms with Crippen molar-refractivity contribution in [3.63, 3.8) is 0 Å². The molecule has 0 atom stereocenters. The molecule has 0 aliphatic heterocycles. The standard InChI is InChI=1S/C9H13Br2NS/c1-7-4-13-8(12-7)3-9(2,5-10)6-11/h4H,3,5-6H2,1-2H3. The molecular weight excluding hydrogens is 314 g/mol. The maximum absolute atomic E-state index is 4.47. The quantitative estimate of drug-likeness (QED) is 0.767. The van der Waals surface area contributed by atoms with Gasteiger partial charge in [-0.15, -0.1) is 11.3 Å². The second kappa shape index (κ2) is 4.89. The summed E-state index contributed by atoms with van der Waals surface area (Å²) in [5.74, 6) is 0. The Balaban J connectivity index is 2.67. The van der Waals surface area contributed by atoms with Crippen molar-refractivity contribution in [2.24, 2.45) is 5.41 Å². The molecule has 1 nitrogen and oxygen atoms in total. The molecule has 0 unspecified atom stereocenters. The Morgan fingerprint density at radius 1 is 1.46 bits per heavy atom. The molecule has 0 radical (unpaired) electrons. The van der Waals surface area contributed by atoms with Gasteiger partial charge >= 0.3 is 0 Å². The first-order valence-electron chi connectivity index (χ1n) is 4.12. The van der Waals surface area contributed by atoms with Gasteiger partial charge in [-0.05, 0) is 12.3 Å². The van der Waals surface area contributed by atoms with Crippen LogP contribution in [0.1, 0.15) is 17.6 Å². The van der Waals surface area contributed by atoms with Gasteiger partial charge in [-0.25, -0.2) is 4.98 Å². The number of nitrogens with zero attached hydrogens (tertiary/aromatic N) is 1. The van der Waals surface area contributed by atoms with E-state index in [1.54, 1.807) is 11.3 Å². The average molecular weight is 327 g/mol. The highest BCUT2D eigenvalue weighted by molar-refractivity contribution is 9.09. The van der Waals surface area contributed by atoms with Crippen molar-refractivity contribution >= 4 is 43.2 Å². The minimum Gasteiger partial charge on any atom is -0.247 e. The molecule has 0 amide bonds. The molecule has 1 aromatic rings. The first-order chi connectivity index (χ1) is 6.09. The Morgan fingerprint density at radius 2 is 2.08 bits per heavy atom. The van der Waals surface area contributed by atoms with Gasteiger partial charge in [0.1, 0.15) is 0 Å². The van der Waals surface area contributed by atoms with Crippen LogP contribution in [0.4, 0.5) is 0 Å². The van der Waals surface area contributed by atoms with Crippen molar-refractivity contribution in [2.75, 3.05) is 10.7 Å². The average Bonchev–Trinajstić information content (AvgIpc) is 2.51. The van der Waals surface area contributed by atoms with Crippen LogP contribution >= 0.6 is 43.2 Å². The van der Waals surface area contributed by atoms with Crippen LogP contribution in [-0.4, -0.2) is 15.6 Å². The molecule has 0 aliphatic carbocycles. The van der Waals surface area contributed by atoms with Crippen molar-refractivity contribution in [1.29, 1.82) is 0 Å². The van der Waals surface area contributed by atoms with Gasteiger partial charge in [0.2, 0.25) is 0 Å². The molecular formula is C9H13Br2NS. The second-order valence-electron chi connectivity index (χ2n) is 3.64. The van der Waals surface area contributed by atoms with E-state index in [0.29, 0.717) is 0 Å². The fourth-order valence-corrected chi connectivity index (χ4v) is 3.29. The second-order valence-corrected chi connectivity index (χ2v) is 5.70. The van der Waals surface area contributed by atoms with Gasteiger partial charge in [-0.3, -0.25) is 0 Å². The zero-order chi connectivity index (χ0) is 9.90. The van der Waals surface area contributed by atoms with Crippen molar-refractivity contribution in [2.45, 2.75) is 20.3 Å². The summed E-state index contributed by atoms with van der Waals surface area (Å²) in [5.41, 5.74) is 1.41. The van der Waals surface area contributed by atoms with E-state index in [2.05, 4.69) is 49.1 Å². The van der Waals surface area contributed by atoms with E-state index in [9.17, 15) is 0 Å². The topological polar surface area (TPSA) is 12.9 Å². The number of alkyl halides is 2. The zero-order valence-electron chi connectivity index (χ0n) is 7.81. The van der Waals surface area contributed by atoms with E-state index < -0.39 is 0 Å². The summed E-state index contributed by atoms with van der Waals surface area (Å²) in [5, 5.41) is 5.35. The highest BCUT2D eigenvalue weighted by Gasteiger charge is 2.23. The molecule has 0 fully saturated rings. The lowest BCUT2D eigenvalue weighted by atomic mass is 9.92. The van der Waals surface area contributed by atoms with Crippen LogP contribution in [0.25, 0.3) is 0 Å². The van der Waals surface area contributed by atoms with Crippen LogP contribution in [0, 0.1) is 12.3 Å². The lowest BCUT2D eigenvalue weighted by Crippen LogP contribution is -2.23. The van der Waals surface area contributed by atoms with Gasteiger partial charge in [-0.1, -0.05) is 38.8 Å². The summed E-state index contributed by atoms with van der Waals surface area (Å²) in [7, 11) is 0. The van der Waals surface area contributed by atoms with Crippen molar-refractivity contribution in [3.05, 3.63) is 16.1 Å². The molecule has 0 aromatic carbocycles. The first kappa shape index (κ1) is 11.7. The smallest absolute Gasteiger partial charge is 0.0934 e. The van der Waals surface area contributed by atoms with Crippen molar-refractivity contribution in [1.82, 2.24) is 4.98 Å². The van der Waals surface area contributed by atoms with E-state index in [4.69, 9.17) is 0 Å². The molecule has 13 heavy (non-hydrogen) atoms. The van der Waals surface area contributed by atoms with Crippen LogP contribution in [0.15, 0.2) is 5.38 Å². The van der Waals surface area contributed by atoms with Gasteiger partial charge < -0.3 is 0 Å². The summed E-state index contributed by atoms with van der Waals surface area (Å²) in [6, 6.07) is 0. The van der Waals surface area contributed by atoms with Gasteiger partial charge in [-0.2, -0.15) is 0 Å². The number of thiazole rings is 1. The molecule has 0 N–H and O–H groups in total. The van der Waals surface area contributed by atoms with Gasteiger partial charge in [0.25, 0.3) is 0 Å². The van der Waals surface area contributed by atoms with E-state index in [1.165, 1.54) is 5.01 Å². The number of hydrogen-bond acceptors (Lipinski definition) is 2. The summed E-state index contributed by atoms with van der Waals surface area (Å²) >= 11 is 8.84. The first-order valence-corrected chi connectivity index (χ1v) is 7.25. The van der Waals surface area contributed by atoms with Crippen LogP contribution < -0.4 is 0 Å². The van der Waals surface area contributed by atoms with E-state index in [1.807, 2.05) is 6.92 Å². The lowest BCUT2D eigenvalue weighted by molar-refractivity contribution is 0.437. The molecule has 74 valence electrons. The minimum atomic E-state index is 0.282. The molecule has 1 rings (SSSR count). The van der Waals surface area contributed by atoms with E-state index in [0.717, 1.165) is 22.8 Å². The Hall–Kier alpha value is 0.590. The van der Waals surface area contributed by atoms with Gasteiger partial charge in [0.15, 0.2) is 0 Å². The summed E-state index contributed by atoms with van der Waals surface area (Å²) in [6.07, 6.45) is 1.04. The third-order valence-electron chi connectivity index (χ3n) is 1.89. The number of aryl methyl sites for hydroxylation is 1. The zero-order valence-corrected chi connectivity index (χ0v) is 11.8. The monoisotopic (exact) mass is 325 g/mol. The molecule has 0 saturated carbocycles. The fraction of sp³-hybridized carbons (Fsp3) is 0.667. The van der Waals surface area contributed by atoms with Crippen LogP contribution in [0.5, 0.6) is 0 Å². The molecule has 4 heteroatoms. The third kappa shape index (κ3) is 3.33. The lowest BCUT2D eigenvalue weighted by Gasteiger charge is -2.22. The normalized spacial score (nSPS) is 12.0. The Bertz CT molecular complexity index is 268. The number of rotatable bonds is 4. The fourth-order valence-electron chi connectivity index (χ4n) is 0.979. The van der Waals surface area contributed by atoms with Crippen LogP contribution in [0.3, 0.4) is 0 Å². The van der Waals surface area contributed by atoms with Crippen LogP contribution in [0.2, 0.25) is 0 Å². The number of hydrogen-bond donors (Lipinski definition) is 0. The summed E-state index contributed by atoms with van der Waals surface area (Å²) in [4.78, 5) is 4.47. The molecule has 0 saturated heterocycles. The Kier molecular flexibility index (Phi) is 4.39. The molecule has 1 aromatic heterocycles. The summed E-state index contributed by atoms with van der Waals surface area (Å²) in [6.45, 7) is 4.30. The Morgan fingerprint density at radius 3 is 2.46 bits per heavy atom. The maximum Gasteiger partial charge on any atom is 0.0934 e. The number of aromatic nitrogens is 1. The van der Waals surface area contributed by atoms with Crippen molar-refractivity contribution in [3.8, 4) is 0 Å². The Labute approximate surface area is 100 Å². The third-order valence-corrected chi connectivity index (χ3v) is 5.56. The molecule has 0 aliphatic rings. The van der Waals surface area contributed by atoms with E-state index >= 15 is 0 Å². The summed E-state index contributed by atoms with van der Waals surface area (Å²) < 4.78 is 0. The van der Waals surface area contributed by atoms with Crippen LogP contribution in [-0.2, 0) is 6.42 Å². The van der Waals surface area contributed by atoms with Crippen molar-refractivity contribution < 1.29 is 0 Å². The minimum absolute atomic E-state index is 0.282. The number of halogens is 2. The highest BCUT2D eigenvalue weighted by Crippen LogP contribution is 2.28. The van der Waals surface area contributed by atoms with Gasteiger partial charge in [0.05, 0.1) is 5.01 Å².